The number of carbonyl (C=O) groups excluding carboxylic acids is 1. The molecule has 9 heteroatoms. The van der Waals surface area contributed by atoms with E-state index in [1.54, 1.807) is 16.4 Å². The van der Waals surface area contributed by atoms with Gasteiger partial charge in [-0.2, -0.15) is 0 Å². The second-order valence-corrected chi connectivity index (χ2v) is 14.2. The molecule has 8 nitrogen and oxygen atoms in total. The summed E-state index contributed by atoms with van der Waals surface area (Å²) in [6.45, 7) is 8.20. The van der Waals surface area contributed by atoms with E-state index < -0.39 is 22.9 Å². The van der Waals surface area contributed by atoms with Gasteiger partial charge in [0.05, 0.1) is 23.6 Å². The second kappa shape index (κ2) is 13.6. The topological polar surface area (TPSA) is 117 Å². The third-order valence-corrected chi connectivity index (χ3v) is 10.2. The van der Waals surface area contributed by atoms with Gasteiger partial charge in [0.15, 0.2) is 0 Å². The van der Waals surface area contributed by atoms with Gasteiger partial charge in [-0.05, 0) is 81.0 Å². The Hall–Kier alpha value is -2.30. The van der Waals surface area contributed by atoms with Gasteiger partial charge in [-0.3, -0.25) is 18.2 Å². The summed E-state index contributed by atoms with van der Waals surface area (Å²) in [6.07, 6.45) is 5.86. The number of nitrogens with one attached hydrogen (secondary N) is 3. The van der Waals surface area contributed by atoms with E-state index in [1.807, 2.05) is 43.3 Å². The molecule has 40 heavy (non-hydrogen) atoms. The first-order valence-electron chi connectivity index (χ1n) is 14.7. The molecule has 0 aromatic heterocycles. The predicted molar refractivity (Wildman–Crippen MR) is 166 cm³/mol. The van der Waals surface area contributed by atoms with Crippen LogP contribution in [0.25, 0.3) is 0 Å². The van der Waals surface area contributed by atoms with Crippen molar-refractivity contribution in [1.29, 1.82) is 0 Å². The zero-order valence-corrected chi connectivity index (χ0v) is 25.1. The Bertz CT molecular complexity index is 1100. The normalized spacial score (nSPS) is 21.3. The zero-order chi connectivity index (χ0) is 28.8. The SMILES string of the molecule is CCNc1cc(C(=O)NC(Cc2ccccc2)C(O)CNC2CCC(C)(C)CC2)cc(N2CCCCS2(O)O)c1. The number of carbonyl (C=O) groups is 1. The molecule has 1 aliphatic heterocycles. The maximum Gasteiger partial charge on any atom is 0.251 e. The molecule has 2 unspecified atom stereocenters. The molecule has 2 aromatic carbocycles. The summed E-state index contributed by atoms with van der Waals surface area (Å²) in [4.78, 5) is 13.7. The summed E-state index contributed by atoms with van der Waals surface area (Å²) in [6, 6.07) is 15.2. The van der Waals surface area contributed by atoms with Crippen LogP contribution < -0.4 is 20.3 Å². The number of aliphatic hydroxyl groups is 1. The first kappa shape index (κ1) is 30.7. The standard InChI is InChI=1S/C31H48N4O4S/c1-4-32-26-19-24(20-27(21-26)35-16-8-9-17-40(35,38)39)30(37)34-28(18-23-10-6-5-7-11-23)29(36)22-33-25-12-14-31(2,3)15-13-25/h5-7,10-11,19-21,25,28-29,32-33,36,38-39H,4,8-9,12-18,22H2,1-3H3,(H,34,37). The molecule has 0 spiro atoms. The number of anilines is 2. The third-order valence-electron chi connectivity index (χ3n) is 8.27. The molecule has 4 rings (SSSR count). The lowest BCUT2D eigenvalue weighted by Crippen LogP contribution is -2.50. The van der Waals surface area contributed by atoms with Gasteiger partial charge in [0.2, 0.25) is 0 Å². The van der Waals surface area contributed by atoms with Gasteiger partial charge in [0, 0.05) is 36.9 Å². The lowest BCUT2D eigenvalue weighted by molar-refractivity contribution is 0.0813. The molecule has 6 N–H and O–H groups in total. The zero-order valence-electron chi connectivity index (χ0n) is 24.2. The van der Waals surface area contributed by atoms with Crippen LogP contribution >= 0.6 is 10.8 Å². The lowest BCUT2D eigenvalue weighted by atomic mass is 9.75. The van der Waals surface area contributed by atoms with Crippen molar-refractivity contribution in [3.8, 4) is 0 Å². The van der Waals surface area contributed by atoms with Gasteiger partial charge in [0.25, 0.3) is 5.91 Å². The maximum atomic E-state index is 13.7. The summed E-state index contributed by atoms with van der Waals surface area (Å²) < 4.78 is 23.1. The second-order valence-electron chi connectivity index (χ2n) is 12.1. The molecule has 1 saturated heterocycles. The fourth-order valence-corrected chi connectivity index (χ4v) is 7.41. The van der Waals surface area contributed by atoms with E-state index in [9.17, 15) is 19.0 Å². The van der Waals surface area contributed by atoms with Gasteiger partial charge >= 0.3 is 0 Å². The highest BCUT2D eigenvalue weighted by atomic mass is 32.3. The average Bonchev–Trinajstić information content (AvgIpc) is 2.92. The van der Waals surface area contributed by atoms with E-state index in [-0.39, 0.29) is 5.91 Å². The van der Waals surface area contributed by atoms with Gasteiger partial charge in [-0.1, -0.05) is 44.2 Å². The highest BCUT2D eigenvalue weighted by Gasteiger charge is 2.30. The van der Waals surface area contributed by atoms with E-state index in [0.717, 1.165) is 49.8 Å². The summed E-state index contributed by atoms with van der Waals surface area (Å²) >= 11 is 0. The molecule has 222 valence electrons. The lowest BCUT2D eigenvalue weighted by Gasteiger charge is -2.47. The van der Waals surface area contributed by atoms with Crippen LogP contribution in [0, 0.1) is 5.41 Å². The quantitative estimate of drug-likeness (QED) is 0.206. The number of nitrogens with zero attached hydrogens (tertiary/aromatic N) is 1. The molecule has 1 heterocycles. The van der Waals surface area contributed by atoms with Gasteiger partial charge in [-0.25, -0.2) is 0 Å². The Morgan fingerprint density at radius 3 is 2.50 bits per heavy atom. The summed E-state index contributed by atoms with van der Waals surface area (Å²) in [5.41, 5.74) is 3.19. The molecule has 0 bridgehead atoms. The van der Waals surface area contributed by atoms with Crippen molar-refractivity contribution in [3.63, 3.8) is 0 Å². The van der Waals surface area contributed by atoms with Crippen LogP contribution in [-0.4, -0.2) is 63.7 Å². The smallest absolute Gasteiger partial charge is 0.251 e. The highest BCUT2D eigenvalue weighted by molar-refractivity contribution is 8.25. The van der Waals surface area contributed by atoms with E-state index in [1.165, 1.54) is 0 Å². The fraction of sp³-hybridized carbons (Fsp3) is 0.581. The molecule has 1 amide bonds. The largest absolute Gasteiger partial charge is 0.390 e. The monoisotopic (exact) mass is 572 g/mol. The van der Waals surface area contributed by atoms with E-state index >= 15 is 0 Å². The first-order valence-corrected chi connectivity index (χ1v) is 16.4. The Morgan fingerprint density at radius 2 is 1.82 bits per heavy atom. The van der Waals surface area contributed by atoms with Gasteiger partial charge in [0.1, 0.15) is 0 Å². The van der Waals surface area contributed by atoms with Crippen molar-refractivity contribution in [2.45, 2.75) is 83.9 Å². The van der Waals surface area contributed by atoms with Crippen LogP contribution in [0.15, 0.2) is 48.5 Å². The van der Waals surface area contributed by atoms with Crippen LogP contribution in [0.5, 0.6) is 0 Å². The molecule has 2 aromatic rings. The Labute approximate surface area is 241 Å². The van der Waals surface area contributed by atoms with Crippen LogP contribution in [0.4, 0.5) is 11.4 Å². The van der Waals surface area contributed by atoms with Crippen LogP contribution in [0.2, 0.25) is 0 Å². The number of hydrogen-bond acceptors (Lipinski definition) is 7. The molecule has 0 radical (unpaired) electrons. The minimum absolute atomic E-state index is 0.297. The van der Waals surface area contributed by atoms with Crippen molar-refractivity contribution in [3.05, 3.63) is 59.7 Å². The van der Waals surface area contributed by atoms with E-state index in [2.05, 4.69) is 29.8 Å². The first-order chi connectivity index (χ1) is 19.1. The number of rotatable bonds is 11. The van der Waals surface area contributed by atoms with Crippen molar-refractivity contribution in [1.82, 2.24) is 10.6 Å². The number of hydrogen-bond donors (Lipinski definition) is 6. The average molecular weight is 573 g/mol. The predicted octanol–water partition coefficient (Wildman–Crippen LogP) is 5.64. The van der Waals surface area contributed by atoms with Crippen molar-refractivity contribution < 1.29 is 19.0 Å². The van der Waals surface area contributed by atoms with Crippen LogP contribution in [0.3, 0.4) is 0 Å². The summed E-state index contributed by atoms with van der Waals surface area (Å²) in [5.74, 6) is 0.0328. The van der Waals surface area contributed by atoms with Crippen molar-refractivity contribution >= 4 is 28.1 Å². The van der Waals surface area contributed by atoms with Crippen molar-refractivity contribution in [2.75, 3.05) is 35.0 Å². The molecular formula is C31H48N4O4S. The molecule has 2 fully saturated rings. The molecule has 2 aliphatic rings. The van der Waals surface area contributed by atoms with Crippen LogP contribution in [0.1, 0.15) is 75.2 Å². The number of benzene rings is 2. The maximum absolute atomic E-state index is 13.7. The minimum atomic E-state index is -2.93. The molecular weight excluding hydrogens is 524 g/mol. The van der Waals surface area contributed by atoms with E-state index in [0.29, 0.717) is 54.5 Å². The molecule has 2 atom stereocenters. The molecule has 1 saturated carbocycles. The Kier molecular flexibility index (Phi) is 10.4. The summed E-state index contributed by atoms with van der Waals surface area (Å²) in [5, 5.41) is 21.2. The number of aliphatic hydroxyl groups excluding tert-OH is 1. The Morgan fingerprint density at radius 1 is 1.10 bits per heavy atom. The highest BCUT2D eigenvalue weighted by Crippen LogP contribution is 2.50. The Balaban J connectivity index is 1.51. The van der Waals surface area contributed by atoms with E-state index in [4.69, 9.17) is 0 Å². The minimum Gasteiger partial charge on any atom is -0.390 e. The molecule has 1 aliphatic carbocycles. The van der Waals surface area contributed by atoms with Crippen LogP contribution in [-0.2, 0) is 6.42 Å². The van der Waals surface area contributed by atoms with Gasteiger partial charge < -0.3 is 21.1 Å². The van der Waals surface area contributed by atoms with Gasteiger partial charge in [-0.15, -0.1) is 10.8 Å². The number of amides is 1. The fourth-order valence-electron chi connectivity index (χ4n) is 5.73. The third kappa shape index (κ3) is 8.36. The summed E-state index contributed by atoms with van der Waals surface area (Å²) in [7, 11) is -2.93. The van der Waals surface area contributed by atoms with Crippen molar-refractivity contribution in [2.24, 2.45) is 5.41 Å².